The minimum absolute atomic E-state index is 0.0986. The Bertz CT molecular complexity index is 494. The molecule has 0 aliphatic carbocycles. The van der Waals surface area contributed by atoms with Gasteiger partial charge in [-0.25, -0.2) is 4.98 Å². The molecule has 1 heterocycles. The maximum absolute atomic E-state index is 10.7. The first-order valence-corrected chi connectivity index (χ1v) is 5.01. The molecule has 0 spiro atoms. The average molecular weight is 256 g/mol. The Morgan fingerprint density at radius 1 is 1.57 bits per heavy atom. The van der Waals surface area contributed by atoms with Crippen molar-refractivity contribution < 1.29 is 4.92 Å². The zero-order valence-electron chi connectivity index (χ0n) is 7.03. The minimum atomic E-state index is -0.398. The van der Waals surface area contributed by atoms with Crippen molar-refractivity contribution in [1.82, 2.24) is 9.97 Å². The summed E-state index contributed by atoms with van der Waals surface area (Å²) in [5.41, 5.74) is 2.16. The number of hydrogen-bond donors (Lipinski definition) is 1. The van der Waals surface area contributed by atoms with Crippen molar-refractivity contribution >= 4 is 32.7 Å². The van der Waals surface area contributed by atoms with Gasteiger partial charge in [-0.15, -0.1) is 0 Å². The lowest BCUT2D eigenvalue weighted by atomic mass is 10.1. The Morgan fingerprint density at radius 3 is 3.00 bits per heavy atom. The normalized spacial score (nSPS) is 10.6. The van der Waals surface area contributed by atoms with Gasteiger partial charge in [0.05, 0.1) is 27.8 Å². The van der Waals surface area contributed by atoms with Crippen molar-refractivity contribution in [3.05, 3.63) is 34.1 Å². The largest absolute Gasteiger partial charge is 0.345 e. The van der Waals surface area contributed by atoms with Crippen LogP contribution in [0.25, 0.3) is 11.0 Å². The van der Waals surface area contributed by atoms with Gasteiger partial charge in [0.25, 0.3) is 5.69 Å². The highest BCUT2D eigenvalue weighted by atomic mass is 79.9. The molecule has 0 saturated heterocycles. The van der Waals surface area contributed by atoms with Gasteiger partial charge in [0.1, 0.15) is 0 Å². The zero-order chi connectivity index (χ0) is 10.1. The molecule has 1 N–H and O–H groups in total. The minimum Gasteiger partial charge on any atom is -0.345 e. The molecule has 0 fully saturated rings. The molecule has 6 heteroatoms. The number of aromatic amines is 1. The molecule has 0 unspecified atom stereocenters. The van der Waals surface area contributed by atoms with Gasteiger partial charge in [0.2, 0.25) is 0 Å². The Hall–Kier alpha value is -1.43. The van der Waals surface area contributed by atoms with Gasteiger partial charge in [-0.3, -0.25) is 10.1 Å². The standard InChI is InChI=1S/C8H6BrN3O2/c9-3-5-7(12(13)14)2-1-6-8(5)11-4-10-6/h1-2,4H,3H2,(H,10,11). The number of imidazole rings is 1. The Morgan fingerprint density at radius 2 is 2.36 bits per heavy atom. The summed E-state index contributed by atoms with van der Waals surface area (Å²) in [5.74, 6) is 0. The van der Waals surface area contributed by atoms with Crippen molar-refractivity contribution in [3.63, 3.8) is 0 Å². The number of halogens is 1. The summed E-state index contributed by atoms with van der Waals surface area (Å²) < 4.78 is 0. The van der Waals surface area contributed by atoms with Crippen LogP contribution in [0.2, 0.25) is 0 Å². The highest BCUT2D eigenvalue weighted by molar-refractivity contribution is 9.08. The molecule has 1 aromatic carbocycles. The number of hydrogen-bond acceptors (Lipinski definition) is 3. The van der Waals surface area contributed by atoms with E-state index in [-0.39, 0.29) is 5.69 Å². The number of H-pyrrole nitrogens is 1. The SMILES string of the molecule is O=[N+]([O-])c1ccc2[nH]cnc2c1CBr. The van der Waals surface area contributed by atoms with Crippen molar-refractivity contribution in [1.29, 1.82) is 0 Å². The molecule has 72 valence electrons. The molecule has 1 aromatic heterocycles. The molecule has 2 rings (SSSR count). The molecule has 0 aliphatic heterocycles. The molecule has 0 radical (unpaired) electrons. The van der Waals surface area contributed by atoms with Crippen LogP contribution in [0.1, 0.15) is 5.56 Å². The predicted octanol–water partition coefficient (Wildman–Crippen LogP) is 2.37. The second-order valence-electron chi connectivity index (χ2n) is 2.75. The Kier molecular flexibility index (Phi) is 2.20. The van der Waals surface area contributed by atoms with Crippen LogP contribution >= 0.6 is 15.9 Å². The third-order valence-corrected chi connectivity index (χ3v) is 2.56. The molecule has 5 nitrogen and oxygen atoms in total. The molecule has 0 amide bonds. The van der Waals surface area contributed by atoms with Crippen LogP contribution in [0.4, 0.5) is 5.69 Å². The van der Waals surface area contributed by atoms with E-state index in [0.717, 1.165) is 5.52 Å². The summed E-state index contributed by atoms with van der Waals surface area (Å²) in [6, 6.07) is 3.14. The number of nitrogens with zero attached hydrogens (tertiary/aromatic N) is 2. The van der Waals surface area contributed by atoms with Gasteiger partial charge in [-0.05, 0) is 6.07 Å². The molecule has 0 bridgehead atoms. The molecular weight excluding hydrogens is 250 g/mol. The van der Waals surface area contributed by atoms with E-state index in [2.05, 4.69) is 25.9 Å². The van der Waals surface area contributed by atoms with E-state index in [1.54, 1.807) is 6.07 Å². The van der Waals surface area contributed by atoms with E-state index in [4.69, 9.17) is 0 Å². The Labute approximate surface area is 87.4 Å². The van der Waals surface area contributed by atoms with Crippen LogP contribution in [-0.2, 0) is 5.33 Å². The van der Waals surface area contributed by atoms with E-state index in [9.17, 15) is 10.1 Å². The van der Waals surface area contributed by atoms with Gasteiger partial charge in [-0.2, -0.15) is 0 Å². The van der Waals surface area contributed by atoms with Crippen LogP contribution in [-0.4, -0.2) is 14.9 Å². The highest BCUT2D eigenvalue weighted by Gasteiger charge is 2.16. The third kappa shape index (κ3) is 1.27. The van der Waals surface area contributed by atoms with Crippen molar-refractivity contribution in [2.24, 2.45) is 0 Å². The van der Waals surface area contributed by atoms with E-state index >= 15 is 0 Å². The van der Waals surface area contributed by atoms with E-state index in [1.807, 2.05) is 0 Å². The number of rotatable bonds is 2. The molecule has 0 aliphatic rings. The number of nitrogens with one attached hydrogen (secondary N) is 1. The first-order valence-electron chi connectivity index (χ1n) is 3.89. The zero-order valence-corrected chi connectivity index (χ0v) is 8.61. The monoisotopic (exact) mass is 255 g/mol. The third-order valence-electron chi connectivity index (χ3n) is 2.00. The molecule has 0 atom stereocenters. The highest BCUT2D eigenvalue weighted by Crippen LogP contribution is 2.27. The smallest absolute Gasteiger partial charge is 0.275 e. The van der Waals surface area contributed by atoms with E-state index < -0.39 is 4.92 Å². The summed E-state index contributed by atoms with van der Waals surface area (Å²) in [7, 11) is 0. The summed E-state index contributed by atoms with van der Waals surface area (Å²) >= 11 is 3.22. The lowest BCUT2D eigenvalue weighted by molar-refractivity contribution is -0.385. The summed E-state index contributed by atoms with van der Waals surface area (Å²) in [6.07, 6.45) is 1.53. The van der Waals surface area contributed by atoms with Crippen LogP contribution in [0.5, 0.6) is 0 Å². The van der Waals surface area contributed by atoms with Gasteiger partial charge >= 0.3 is 0 Å². The Balaban J connectivity index is 2.78. The first-order chi connectivity index (χ1) is 6.74. The molecule has 0 saturated carbocycles. The maximum atomic E-state index is 10.7. The van der Waals surface area contributed by atoms with Crippen molar-refractivity contribution in [3.8, 4) is 0 Å². The van der Waals surface area contributed by atoms with Crippen LogP contribution < -0.4 is 0 Å². The quantitative estimate of drug-likeness (QED) is 0.509. The second-order valence-corrected chi connectivity index (χ2v) is 3.31. The number of aromatic nitrogens is 2. The molecule has 2 aromatic rings. The van der Waals surface area contributed by atoms with Gasteiger partial charge in [0, 0.05) is 11.4 Å². The number of nitro benzene ring substituents is 1. The fraction of sp³-hybridized carbons (Fsp3) is 0.125. The van der Waals surface area contributed by atoms with E-state index in [1.165, 1.54) is 12.4 Å². The molecular formula is C8H6BrN3O2. The van der Waals surface area contributed by atoms with E-state index in [0.29, 0.717) is 16.4 Å². The topological polar surface area (TPSA) is 71.8 Å². The van der Waals surface area contributed by atoms with Crippen molar-refractivity contribution in [2.75, 3.05) is 0 Å². The summed E-state index contributed by atoms with van der Waals surface area (Å²) in [4.78, 5) is 17.2. The lowest BCUT2D eigenvalue weighted by Gasteiger charge is -1.99. The first kappa shape index (κ1) is 9.14. The lowest BCUT2D eigenvalue weighted by Crippen LogP contribution is -1.94. The average Bonchev–Trinajstić information content (AvgIpc) is 2.63. The second kappa shape index (κ2) is 3.38. The number of benzene rings is 1. The van der Waals surface area contributed by atoms with Gasteiger partial charge in [0.15, 0.2) is 0 Å². The van der Waals surface area contributed by atoms with Crippen molar-refractivity contribution in [2.45, 2.75) is 5.33 Å². The maximum Gasteiger partial charge on any atom is 0.275 e. The molecule has 14 heavy (non-hydrogen) atoms. The van der Waals surface area contributed by atoms with Crippen LogP contribution in [0.15, 0.2) is 18.5 Å². The summed E-state index contributed by atoms with van der Waals surface area (Å²) in [5, 5.41) is 11.1. The van der Waals surface area contributed by atoms with Gasteiger partial charge < -0.3 is 4.98 Å². The summed E-state index contributed by atoms with van der Waals surface area (Å²) in [6.45, 7) is 0. The van der Waals surface area contributed by atoms with Gasteiger partial charge in [-0.1, -0.05) is 15.9 Å². The fourth-order valence-electron chi connectivity index (χ4n) is 1.36. The fourth-order valence-corrected chi connectivity index (χ4v) is 1.91. The van der Waals surface area contributed by atoms with Crippen LogP contribution in [0, 0.1) is 10.1 Å². The predicted molar refractivity (Wildman–Crippen MR) is 55.4 cm³/mol. The van der Waals surface area contributed by atoms with Crippen LogP contribution in [0.3, 0.4) is 0 Å². The number of alkyl halides is 1. The number of nitro groups is 1. The number of fused-ring (bicyclic) bond motifs is 1.